The number of aliphatic hydroxyl groups is 1. The van der Waals surface area contributed by atoms with Crippen LogP contribution in [0.5, 0.6) is 0 Å². The van der Waals surface area contributed by atoms with Crippen LogP contribution in [0.25, 0.3) is 0 Å². The van der Waals surface area contributed by atoms with Crippen LogP contribution in [0.3, 0.4) is 0 Å². The lowest BCUT2D eigenvalue weighted by atomic mass is 9.78. The van der Waals surface area contributed by atoms with Crippen molar-refractivity contribution >= 4 is 35.0 Å². The molecule has 2 aliphatic rings. The molecule has 1 saturated heterocycles. The summed E-state index contributed by atoms with van der Waals surface area (Å²) in [5, 5.41) is 26.9. The van der Waals surface area contributed by atoms with Crippen LogP contribution in [0.4, 0.5) is 0 Å². The molecule has 0 bridgehead atoms. The zero-order chi connectivity index (χ0) is 16.0. The molecule has 3 heterocycles. The van der Waals surface area contributed by atoms with Gasteiger partial charge in [-0.1, -0.05) is 30.0 Å². The van der Waals surface area contributed by atoms with Crippen molar-refractivity contribution in [3.63, 3.8) is 0 Å². The van der Waals surface area contributed by atoms with E-state index >= 15 is 0 Å². The molecular formula is C13H15N3O4S2. The molecule has 0 radical (unpaired) electrons. The van der Waals surface area contributed by atoms with E-state index in [1.165, 1.54) is 28.0 Å². The summed E-state index contributed by atoms with van der Waals surface area (Å²) >= 11 is 2.81. The number of thioether (sulfide) groups is 1. The number of fused-ring (bicyclic) bond motifs is 1. The van der Waals surface area contributed by atoms with Gasteiger partial charge in [0.1, 0.15) is 11.2 Å². The van der Waals surface area contributed by atoms with Gasteiger partial charge in [0.05, 0.1) is 18.1 Å². The molecule has 1 fully saturated rings. The molecule has 0 unspecified atom stereocenters. The molecule has 2 aliphatic heterocycles. The lowest BCUT2D eigenvalue weighted by Crippen LogP contribution is -2.63. The van der Waals surface area contributed by atoms with Gasteiger partial charge in [-0.05, 0) is 12.5 Å². The summed E-state index contributed by atoms with van der Waals surface area (Å²) in [6, 6.07) is -0.261. The van der Waals surface area contributed by atoms with E-state index in [2.05, 4.69) is 10.2 Å². The number of carbonyl (C=O) groups excluding carboxylic acids is 1. The first-order chi connectivity index (χ1) is 10.4. The van der Waals surface area contributed by atoms with Gasteiger partial charge in [-0.25, -0.2) is 4.79 Å². The first-order valence-electron chi connectivity index (χ1n) is 6.80. The second-order valence-electron chi connectivity index (χ2n) is 5.43. The Balaban J connectivity index is 1.87. The van der Waals surface area contributed by atoms with Gasteiger partial charge in [0.15, 0.2) is 4.34 Å². The van der Waals surface area contributed by atoms with Gasteiger partial charge in [0, 0.05) is 11.7 Å². The number of aliphatic carboxylic acids is 1. The summed E-state index contributed by atoms with van der Waals surface area (Å²) in [5.74, 6) is -1.57. The van der Waals surface area contributed by atoms with Crippen LogP contribution in [-0.2, 0) is 9.59 Å². The molecule has 118 valence electrons. The van der Waals surface area contributed by atoms with Crippen molar-refractivity contribution in [3.05, 3.63) is 16.8 Å². The molecule has 0 spiro atoms. The van der Waals surface area contributed by atoms with Gasteiger partial charge in [0.25, 0.3) is 0 Å². The second kappa shape index (κ2) is 5.64. The molecule has 4 atom stereocenters. The second-order valence-corrected chi connectivity index (χ2v) is 7.48. The normalized spacial score (nSPS) is 28.6. The average Bonchev–Trinajstić information content (AvgIpc) is 3.02. The Kier molecular flexibility index (Phi) is 3.96. The fourth-order valence-electron chi connectivity index (χ4n) is 3.20. The quantitative estimate of drug-likeness (QED) is 0.604. The van der Waals surface area contributed by atoms with E-state index < -0.39 is 18.0 Å². The lowest BCUT2D eigenvalue weighted by Gasteiger charge is -2.46. The Morgan fingerprint density at radius 1 is 1.59 bits per heavy atom. The highest BCUT2D eigenvalue weighted by atomic mass is 32.2. The first kappa shape index (κ1) is 15.4. The first-order valence-corrected chi connectivity index (χ1v) is 8.66. The Bertz CT molecular complexity index is 644. The summed E-state index contributed by atoms with van der Waals surface area (Å²) < 4.78 is 0.761. The van der Waals surface area contributed by atoms with Gasteiger partial charge < -0.3 is 15.1 Å². The van der Waals surface area contributed by atoms with Crippen molar-refractivity contribution in [2.75, 3.05) is 5.75 Å². The smallest absolute Gasteiger partial charge is 0.352 e. The number of β-lactam (4-membered cyclic amide) rings is 1. The van der Waals surface area contributed by atoms with Gasteiger partial charge in [-0.3, -0.25) is 4.79 Å². The summed E-state index contributed by atoms with van der Waals surface area (Å²) in [4.78, 5) is 25.1. The Labute approximate surface area is 135 Å². The number of hydrogen-bond donors (Lipinski definition) is 2. The van der Waals surface area contributed by atoms with Crippen molar-refractivity contribution in [1.29, 1.82) is 0 Å². The highest BCUT2D eigenvalue weighted by Crippen LogP contribution is 2.48. The molecular weight excluding hydrogens is 326 g/mol. The van der Waals surface area contributed by atoms with E-state index in [0.717, 1.165) is 4.34 Å². The molecule has 0 aliphatic carbocycles. The monoisotopic (exact) mass is 341 g/mol. The van der Waals surface area contributed by atoms with Crippen molar-refractivity contribution in [2.45, 2.75) is 30.3 Å². The molecule has 0 aromatic carbocycles. The van der Waals surface area contributed by atoms with Crippen molar-refractivity contribution in [2.24, 2.45) is 11.8 Å². The minimum atomic E-state index is -1.10. The molecule has 9 heteroatoms. The zero-order valence-corrected chi connectivity index (χ0v) is 13.6. The summed E-state index contributed by atoms with van der Waals surface area (Å²) in [6.07, 6.45) is -0.776. The maximum atomic E-state index is 12.2. The van der Waals surface area contributed by atoms with Gasteiger partial charge in [-0.15, -0.1) is 10.2 Å². The largest absolute Gasteiger partial charge is 0.477 e. The number of carboxylic acid groups (broad SMARTS) is 1. The molecule has 1 aromatic heterocycles. The SMILES string of the molecule is C[C@@H](O)[C@H]1C(=O)N2C(C(=O)O)=C(CSc3nncs3)[C@H](C)[C@H]12. The number of amides is 1. The van der Waals surface area contributed by atoms with Gasteiger partial charge in [-0.2, -0.15) is 0 Å². The van der Waals surface area contributed by atoms with E-state index in [-0.39, 0.29) is 23.6 Å². The molecule has 1 amide bonds. The molecule has 22 heavy (non-hydrogen) atoms. The minimum Gasteiger partial charge on any atom is -0.477 e. The van der Waals surface area contributed by atoms with Crippen LogP contribution < -0.4 is 0 Å². The summed E-state index contributed by atoms with van der Waals surface area (Å²) in [6.45, 7) is 3.48. The number of nitrogens with zero attached hydrogens (tertiary/aromatic N) is 3. The van der Waals surface area contributed by atoms with Crippen LogP contribution in [0.15, 0.2) is 21.1 Å². The number of carboxylic acids is 1. The highest BCUT2D eigenvalue weighted by molar-refractivity contribution is 8.01. The highest BCUT2D eigenvalue weighted by Gasteiger charge is 2.59. The van der Waals surface area contributed by atoms with Crippen molar-refractivity contribution in [3.8, 4) is 0 Å². The Hall–Kier alpha value is -1.45. The molecule has 0 saturated carbocycles. The molecule has 7 nitrogen and oxygen atoms in total. The van der Waals surface area contributed by atoms with Crippen LogP contribution in [0.1, 0.15) is 13.8 Å². The van der Waals surface area contributed by atoms with Crippen LogP contribution in [0, 0.1) is 11.8 Å². The van der Waals surface area contributed by atoms with E-state index in [4.69, 9.17) is 0 Å². The summed E-state index contributed by atoms with van der Waals surface area (Å²) in [5.41, 5.74) is 2.40. The van der Waals surface area contributed by atoms with Crippen LogP contribution in [-0.4, -0.2) is 55.1 Å². The number of aromatic nitrogens is 2. The maximum absolute atomic E-state index is 12.2. The van der Waals surface area contributed by atoms with E-state index in [1.54, 1.807) is 12.4 Å². The van der Waals surface area contributed by atoms with E-state index in [0.29, 0.717) is 11.3 Å². The fourth-order valence-corrected chi connectivity index (χ4v) is 4.84. The van der Waals surface area contributed by atoms with E-state index in [9.17, 15) is 19.8 Å². The Morgan fingerprint density at radius 2 is 2.32 bits per heavy atom. The molecule has 1 aromatic rings. The van der Waals surface area contributed by atoms with Gasteiger partial charge >= 0.3 is 5.97 Å². The maximum Gasteiger partial charge on any atom is 0.352 e. The predicted molar refractivity (Wildman–Crippen MR) is 80.3 cm³/mol. The number of aliphatic hydroxyl groups excluding tert-OH is 1. The third kappa shape index (κ3) is 2.24. The molecule has 3 rings (SSSR count). The van der Waals surface area contributed by atoms with Crippen LogP contribution >= 0.6 is 23.1 Å². The van der Waals surface area contributed by atoms with Crippen molar-refractivity contribution < 1.29 is 19.8 Å². The number of hydrogen-bond acceptors (Lipinski definition) is 7. The lowest BCUT2D eigenvalue weighted by molar-refractivity contribution is -0.163. The third-order valence-corrected chi connectivity index (χ3v) is 6.12. The van der Waals surface area contributed by atoms with Crippen LogP contribution in [0.2, 0.25) is 0 Å². The van der Waals surface area contributed by atoms with Gasteiger partial charge in [0.2, 0.25) is 5.91 Å². The minimum absolute atomic E-state index is 0.0661. The number of carbonyl (C=O) groups is 2. The molecule has 2 N–H and O–H groups in total. The topological polar surface area (TPSA) is 104 Å². The summed E-state index contributed by atoms with van der Waals surface area (Å²) in [7, 11) is 0. The third-order valence-electron chi connectivity index (χ3n) is 4.21. The van der Waals surface area contributed by atoms with E-state index in [1.807, 2.05) is 6.92 Å². The standard InChI is InChI=1S/C13H15N3O4S2/c1-5-7(3-21-13-15-14-4-22-13)10(12(19)20)16-9(5)8(6(2)17)11(16)18/h4-6,8-9,17H,3H2,1-2H3,(H,19,20)/t5-,6+,8+,9+/m0/s1. The Morgan fingerprint density at radius 3 is 2.86 bits per heavy atom. The fraction of sp³-hybridized carbons (Fsp3) is 0.538. The zero-order valence-electron chi connectivity index (χ0n) is 12.0. The number of rotatable bonds is 5. The predicted octanol–water partition coefficient (Wildman–Crippen LogP) is 0.826. The van der Waals surface area contributed by atoms with Crippen molar-refractivity contribution in [1.82, 2.24) is 15.1 Å². The average molecular weight is 341 g/mol.